The molecule has 1 heterocycles. The molecule has 3 heteroatoms. The molecule has 3 nitrogen and oxygen atoms in total. The minimum absolute atomic E-state index is 0.503. The topological polar surface area (TPSA) is 39.2 Å². The first-order chi connectivity index (χ1) is 8.88. The quantitative estimate of drug-likeness (QED) is 0.595. The lowest BCUT2D eigenvalue weighted by Crippen LogP contribution is -1.95. The van der Waals surface area contributed by atoms with Gasteiger partial charge < -0.3 is 4.74 Å². The molecule has 0 radical (unpaired) electrons. The highest BCUT2D eigenvalue weighted by atomic mass is 16.5. The van der Waals surface area contributed by atoms with Gasteiger partial charge in [0.2, 0.25) is 0 Å². The number of ether oxygens (including phenoxy) is 1. The van der Waals surface area contributed by atoms with Gasteiger partial charge in [0, 0.05) is 6.20 Å². The van der Waals surface area contributed by atoms with Gasteiger partial charge in [-0.25, -0.2) is 0 Å². The molecular formula is C15H13NO2. The van der Waals surface area contributed by atoms with E-state index in [1.54, 1.807) is 18.5 Å². The third-order valence-electron chi connectivity index (χ3n) is 2.35. The monoisotopic (exact) mass is 239 g/mol. The van der Waals surface area contributed by atoms with Crippen molar-refractivity contribution in [3.05, 3.63) is 66.0 Å². The Labute approximate surface area is 106 Å². The second kappa shape index (κ2) is 6.35. The third kappa shape index (κ3) is 3.56. The standard InChI is InChI=1S/C15H13NO2/c17-8-4-7-14-9-15(11-16-10-14)18-12-13-5-2-1-3-6-13/h1-11H,12H2. The maximum absolute atomic E-state index is 10.2. The smallest absolute Gasteiger partial charge is 0.142 e. The van der Waals surface area contributed by atoms with Gasteiger partial charge in [-0.2, -0.15) is 0 Å². The summed E-state index contributed by atoms with van der Waals surface area (Å²) in [4.78, 5) is 14.3. The lowest BCUT2D eigenvalue weighted by atomic mass is 10.2. The molecule has 90 valence electrons. The fraction of sp³-hybridized carbons (Fsp3) is 0.0667. The van der Waals surface area contributed by atoms with Crippen LogP contribution in [-0.2, 0) is 11.4 Å². The summed E-state index contributed by atoms with van der Waals surface area (Å²) >= 11 is 0. The van der Waals surface area contributed by atoms with Crippen molar-refractivity contribution in [2.75, 3.05) is 0 Å². The van der Waals surface area contributed by atoms with Crippen LogP contribution < -0.4 is 4.74 Å². The van der Waals surface area contributed by atoms with Gasteiger partial charge in [-0.15, -0.1) is 0 Å². The first-order valence-electron chi connectivity index (χ1n) is 5.62. The van der Waals surface area contributed by atoms with Crippen LogP contribution in [0, 0.1) is 0 Å². The van der Waals surface area contributed by atoms with Crippen LogP contribution in [0.4, 0.5) is 0 Å². The number of hydrogen-bond acceptors (Lipinski definition) is 3. The zero-order valence-corrected chi connectivity index (χ0v) is 9.82. The molecule has 0 aliphatic heterocycles. The van der Waals surface area contributed by atoms with Crippen molar-refractivity contribution in [3.8, 4) is 5.75 Å². The second-order valence-electron chi connectivity index (χ2n) is 3.72. The zero-order valence-electron chi connectivity index (χ0n) is 9.82. The summed E-state index contributed by atoms with van der Waals surface area (Å²) in [6.07, 6.45) is 7.18. The van der Waals surface area contributed by atoms with E-state index in [4.69, 9.17) is 4.74 Å². The van der Waals surface area contributed by atoms with Gasteiger partial charge in [0.25, 0.3) is 0 Å². The van der Waals surface area contributed by atoms with Crippen LogP contribution in [0.5, 0.6) is 5.75 Å². The fourth-order valence-corrected chi connectivity index (χ4v) is 1.50. The fourth-order valence-electron chi connectivity index (χ4n) is 1.50. The molecule has 0 amide bonds. The Kier molecular flexibility index (Phi) is 4.25. The number of hydrogen-bond donors (Lipinski definition) is 0. The van der Waals surface area contributed by atoms with Crippen LogP contribution >= 0.6 is 0 Å². The lowest BCUT2D eigenvalue weighted by Gasteiger charge is -2.06. The van der Waals surface area contributed by atoms with Crippen molar-refractivity contribution in [2.45, 2.75) is 6.61 Å². The Morgan fingerprint density at radius 1 is 1.17 bits per heavy atom. The Hall–Kier alpha value is -2.42. The van der Waals surface area contributed by atoms with E-state index in [-0.39, 0.29) is 0 Å². The van der Waals surface area contributed by atoms with Gasteiger partial charge in [-0.05, 0) is 23.3 Å². The van der Waals surface area contributed by atoms with E-state index in [1.165, 1.54) is 6.08 Å². The number of carbonyl (C=O) groups excluding carboxylic acids is 1. The van der Waals surface area contributed by atoms with Crippen LogP contribution in [0.15, 0.2) is 54.9 Å². The summed E-state index contributed by atoms with van der Waals surface area (Å²) < 4.78 is 5.63. The third-order valence-corrected chi connectivity index (χ3v) is 2.35. The molecule has 18 heavy (non-hydrogen) atoms. The van der Waals surface area contributed by atoms with E-state index >= 15 is 0 Å². The molecule has 0 saturated heterocycles. The van der Waals surface area contributed by atoms with Crippen molar-refractivity contribution in [3.63, 3.8) is 0 Å². The minimum atomic E-state index is 0.503. The number of rotatable bonds is 5. The lowest BCUT2D eigenvalue weighted by molar-refractivity contribution is -0.104. The molecule has 1 aromatic carbocycles. The van der Waals surface area contributed by atoms with Gasteiger partial charge in [-0.1, -0.05) is 36.4 Å². The largest absolute Gasteiger partial charge is 0.487 e. The predicted octanol–water partition coefficient (Wildman–Crippen LogP) is 2.87. The van der Waals surface area contributed by atoms with Crippen LogP contribution in [0.3, 0.4) is 0 Å². The van der Waals surface area contributed by atoms with Gasteiger partial charge in [0.15, 0.2) is 0 Å². The molecule has 2 rings (SSSR count). The number of benzene rings is 1. The summed E-state index contributed by atoms with van der Waals surface area (Å²) in [5, 5.41) is 0. The maximum Gasteiger partial charge on any atom is 0.142 e. The molecule has 0 bridgehead atoms. The molecule has 0 atom stereocenters. The Morgan fingerprint density at radius 2 is 2.00 bits per heavy atom. The molecule has 1 aromatic heterocycles. The number of aldehydes is 1. The second-order valence-corrected chi connectivity index (χ2v) is 3.72. The first kappa shape index (κ1) is 12.0. The maximum atomic E-state index is 10.2. The number of aromatic nitrogens is 1. The SMILES string of the molecule is O=CC=Cc1cncc(OCc2ccccc2)c1. The highest BCUT2D eigenvalue weighted by Crippen LogP contribution is 2.14. The van der Waals surface area contributed by atoms with Crippen LogP contribution in [-0.4, -0.2) is 11.3 Å². The van der Waals surface area contributed by atoms with Crippen molar-refractivity contribution in [2.24, 2.45) is 0 Å². The van der Waals surface area contributed by atoms with Gasteiger partial charge in [0.05, 0.1) is 6.20 Å². The molecule has 0 N–H and O–H groups in total. The average molecular weight is 239 g/mol. The highest BCUT2D eigenvalue weighted by molar-refractivity contribution is 5.73. The summed E-state index contributed by atoms with van der Waals surface area (Å²) in [6, 6.07) is 11.8. The predicted molar refractivity (Wildman–Crippen MR) is 70.1 cm³/mol. The van der Waals surface area contributed by atoms with Crippen LogP contribution in [0.1, 0.15) is 11.1 Å². The molecular weight excluding hydrogens is 226 g/mol. The van der Waals surface area contributed by atoms with E-state index in [9.17, 15) is 4.79 Å². The Bertz CT molecular complexity index is 535. The molecule has 0 fully saturated rings. The van der Waals surface area contributed by atoms with Crippen LogP contribution in [0.25, 0.3) is 6.08 Å². The number of pyridine rings is 1. The molecule has 0 saturated carbocycles. The Balaban J connectivity index is 2.01. The van der Waals surface area contributed by atoms with Crippen molar-refractivity contribution in [1.29, 1.82) is 0 Å². The van der Waals surface area contributed by atoms with Crippen molar-refractivity contribution in [1.82, 2.24) is 4.98 Å². The summed E-state index contributed by atoms with van der Waals surface area (Å²) in [7, 11) is 0. The Morgan fingerprint density at radius 3 is 2.78 bits per heavy atom. The average Bonchev–Trinajstić information content (AvgIpc) is 2.44. The molecule has 0 spiro atoms. The van der Waals surface area contributed by atoms with E-state index < -0.39 is 0 Å². The van der Waals surface area contributed by atoms with Crippen molar-refractivity contribution < 1.29 is 9.53 Å². The highest BCUT2D eigenvalue weighted by Gasteiger charge is 1.97. The molecule has 0 aliphatic carbocycles. The normalized spacial score (nSPS) is 10.4. The van der Waals surface area contributed by atoms with Crippen molar-refractivity contribution >= 4 is 12.4 Å². The molecule has 0 unspecified atom stereocenters. The van der Waals surface area contributed by atoms with Gasteiger partial charge in [-0.3, -0.25) is 9.78 Å². The van der Waals surface area contributed by atoms with E-state index in [1.807, 2.05) is 36.4 Å². The number of carbonyl (C=O) groups is 1. The first-order valence-corrected chi connectivity index (χ1v) is 5.62. The van der Waals surface area contributed by atoms with Crippen LogP contribution in [0.2, 0.25) is 0 Å². The summed E-state index contributed by atoms with van der Waals surface area (Å²) in [5.41, 5.74) is 1.94. The summed E-state index contributed by atoms with van der Waals surface area (Å²) in [5.74, 6) is 0.687. The van der Waals surface area contributed by atoms with E-state index in [2.05, 4.69) is 4.98 Å². The van der Waals surface area contributed by atoms with Gasteiger partial charge >= 0.3 is 0 Å². The number of nitrogens with zero attached hydrogens (tertiary/aromatic N) is 1. The van der Waals surface area contributed by atoms with Gasteiger partial charge in [0.1, 0.15) is 18.6 Å². The zero-order chi connectivity index (χ0) is 12.6. The summed E-state index contributed by atoms with van der Waals surface area (Å²) in [6.45, 7) is 0.503. The number of allylic oxidation sites excluding steroid dienone is 1. The minimum Gasteiger partial charge on any atom is -0.487 e. The molecule has 2 aromatic rings. The molecule has 0 aliphatic rings. The van der Waals surface area contributed by atoms with E-state index in [0.29, 0.717) is 12.4 Å². The van der Waals surface area contributed by atoms with E-state index in [0.717, 1.165) is 17.4 Å².